The molecule has 0 aromatic heterocycles. The Morgan fingerprint density at radius 1 is 1.08 bits per heavy atom. The van der Waals surface area contributed by atoms with Crippen LogP contribution in [0.5, 0.6) is 0 Å². The van der Waals surface area contributed by atoms with E-state index in [0.717, 1.165) is 62.9 Å². The zero-order chi connectivity index (χ0) is 26.4. The summed E-state index contributed by atoms with van der Waals surface area (Å²) in [6, 6.07) is 13.1. The van der Waals surface area contributed by atoms with Gasteiger partial charge >= 0.3 is 0 Å². The Bertz CT molecular complexity index is 1170. The Kier molecular flexibility index (Phi) is 8.77. The van der Waals surface area contributed by atoms with Crippen LogP contribution in [0.2, 0.25) is 0 Å². The minimum atomic E-state index is -0.235. The summed E-state index contributed by atoms with van der Waals surface area (Å²) in [5.41, 5.74) is 10.5. The lowest BCUT2D eigenvalue weighted by Crippen LogP contribution is -2.35. The molecule has 0 atom stereocenters. The van der Waals surface area contributed by atoms with Crippen molar-refractivity contribution in [2.75, 3.05) is 23.3 Å². The van der Waals surface area contributed by atoms with Crippen molar-refractivity contribution >= 4 is 40.7 Å². The molecule has 2 aliphatic rings. The van der Waals surface area contributed by atoms with Crippen molar-refractivity contribution in [3.8, 4) is 0 Å². The molecule has 4 N–H and O–H groups in total. The van der Waals surface area contributed by atoms with Crippen molar-refractivity contribution in [2.24, 2.45) is 16.6 Å². The third kappa shape index (κ3) is 6.66. The first-order chi connectivity index (χ1) is 17.9. The van der Waals surface area contributed by atoms with Crippen LogP contribution < -0.4 is 16.0 Å². The number of aliphatic hydroxyl groups excluding tert-OH is 1. The second-order valence-electron chi connectivity index (χ2n) is 10.1. The number of nitrogens with one attached hydrogen (secondary N) is 1. The van der Waals surface area contributed by atoms with Gasteiger partial charge in [0.05, 0.1) is 11.8 Å². The number of carbonyl (C=O) groups is 2. The van der Waals surface area contributed by atoms with E-state index in [1.807, 2.05) is 36.4 Å². The first-order valence-electron chi connectivity index (χ1n) is 13.4. The van der Waals surface area contributed by atoms with E-state index in [1.165, 1.54) is 0 Å². The number of aliphatic imine (C=N–C) groups is 1. The van der Waals surface area contributed by atoms with E-state index >= 15 is 0 Å². The lowest BCUT2D eigenvalue weighted by Gasteiger charge is -2.31. The maximum atomic E-state index is 13.2. The number of carbonyl (C=O) groups excluding carboxylic acids is 2. The predicted octanol–water partition coefficient (Wildman–Crippen LogP) is 5.46. The number of nitrogens with zero attached hydrogens (tertiary/aromatic N) is 2. The second-order valence-corrected chi connectivity index (χ2v) is 10.1. The van der Waals surface area contributed by atoms with Crippen molar-refractivity contribution in [1.29, 1.82) is 0 Å². The fourth-order valence-corrected chi connectivity index (χ4v) is 5.14. The first-order valence-corrected chi connectivity index (χ1v) is 13.4. The van der Waals surface area contributed by atoms with Gasteiger partial charge in [-0.3, -0.25) is 9.59 Å². The van der Waals surface area contributed by atoms with Crippen LogP contribution in [0.1, 0.15) is 74.7 Å². The summed E-state index contributed by atoms with van der Waals surface area (Å²) in [5, 5.41) is 12.7. The van der Waals surface area contributed by atoms with Gasteiger partial charge in [0.1, 0.15) is 5.84 Å². The van der Waals surface area contributed by atoms with E-state index in [-0.39, 0.29) is 23.7 Å². The molecule has 196 valence electrons. The molecule has 0 aliphatic carbocycles. The quantitative estimate of drug-likeness (QED) is 0.422. The van der Waals surface area contributed by atoms with E-state index in [1.54, 1.807) is 12.1 Å². The van der Waals surface area contributed by atoms with E-state index in [4.69, 9.17) is 5.73 Å². The molecule has 1 saturated heterocycles. The van der Waals surface area contributed by atoms with Crippen molar-refractivity contribution in [2.45, 2.75) is 64.9 Å². The summed E-state index contributed by atoms with van der Waals surface area (Å²) in [5.74, 6) is 0.304. The molecule has 1 amide bonds. The number of benzene rings is 2. The molecule has 1 fully saturated rings. The molecular weight excluding hydrogens is 464 g/mol. The minimum absolute atomic E-state index is 0.00791. The smallest absolute Gasteiger partial charge is 0.255 e. The van der Waals surface area contributed by atoms with Crippen molar-refractivity contribution in [1.82, 2.24) is 0 Å². The highest BCUT2D eigenvalue weighted by Crippen LogP contribution is 2.31. The van der Waals surface area contributed by atoms with E-state index in [9.17, 15) is 14.7 Å². The standard InChI is InChI=1S/C30H38N4O3/c1-3-5-20(6-4-2)29(36)23-17-21-7-8-22(18-27(21)33-28(31)19-23)30(37)32-24-9-11-25(12-10-24)34-15-13-26(35)14-16-34/h7-12,17-18,20,26,35H,3-6,13-16,19H2,1-2H3,(H2,31,33)(H,32,37). The number of amidine groups is 1. The third-order valence-electron chi connectivity index (χ3n) is 7.17. The SMILES string of the molecule is CCCC(CCC)C(=O)C1=Cc2ccc(C(=O)Nc3ccc(N4CCC(O)CC4)cc3)cc2N=C(N)C1. The zero-order valence-electron chi connectivity index (χ0n) is 21.9. The average Bonchev–Trinajstić information content (AvgIpc) is 3.06. The monoisotopic (exact) mass is 502 g/mol. The molecule has 0 radical (unpaired) electrons. The summed E-state index contributed by atoms with van der Waals surface area (Å²) < 4.78 is 0. The predicted molar refractivity (Wildman–Crippen MR) is 150 cm³/mol. The van der Waals surface area contributed by atoms with Crippen molar-refractivity contribution in [3.63, 3.8) is 0 Å². The van der Waals surface area contributed by atoms with Gasteiger partial charge in [-0.2, -0.15) is 0 Å². The molecule has 37 heavy (non-hydrogen) atoms. The molecule has 0 unspecified atom stereocenters. The van der Waals surface area contributed by atoms with Gasteiger partial charge < -0.3 is 21.1 Å². The number of hydrogen-bond acceptors (Lipinski definition) is 6. The second kappa shape index (κ2) is 12.2. The molecule has 2 heterocycles. The van der Waals surface area contributed by atoms with Crippen LogP contribution in [-0.4, -0.2) is 41.8 Å². The number of amides is 1. The molecule has 0 saturated carbocycles. The summed E-state index contributed by atoms with van der Waals surface area (Å²) in [4.78, 5) is 33.0. The number of Topliss-reactive ketones (excluding diaryl/α,β-unsaturated/α-hetero) is 1. The molecule has 0 bridgehead atoms. The number of ketones is 1. The van der Waals surface area contributed by atoms with Gasteiger partial charge in [-0.25, -0.2) is 4.99 Å². The molecule has 2 aromatic rings. The Morgan fingerprint density at radius 2 is 1.76 bits per heavy atom. The normalized spacial score (nSPS) is 16.1. The molecule has 2 aromatic carbocycles. The third-order valence-corrected chi connectivity index (χ3v) is 7.17. The van der Waals surface area contributed by atoms with Gasteiger partial charge in [-0.15, -0.1) is 0 Å². The molecule has 7 nitrogen and oxygen atoms in total. The van der Waals surface area contributed by atoms with Crippen LogP contribution in [0.15, 0.2) is 53.0 Å². The number of fused-ring (bicyclic) bond motifs is 1. The van der Waals surface area contributed by atoms with Crippen molar-refractivity contribution < 1.29 is 14.7 Å². The lowest BCUT2D eigenvalue weighted by atomic mass is 9.87. The van der Waals surface area contributed by atoms with Crippen LogP contribution in [0.25, 0.3) is 6.08 Å². The highest BCUT2D eigenvalue weighted by atomic mass is 16.3. The van der Waals surface area contributed by atoms with Crippen LogP contribution >= 0.6 is 0 Å². The van der Waals surface area contributed by atoms with Gasteiger partial charge in [0.25, 0.3) is 5.91 Å². The molecular formula is C30H38N4O3. The number of hydrogen-bond donors (Lipinski definition) is 3. The largest absolute Gasteiger partial charge is 0.393 e. The number of rotatable bonds is 9. The van der Waals surface area contributed by atoms with Crippen LogP contribution in [-0.2, 0) is 4.79 Å². The van der Waals surface area contributed by atoms with Gasteiger partial charge in [0.15, 0.2) is 5.78 Å². The van der Waals surface area contributed by atoms with Gasteiger partial charge in [0, 0.05) is 53.5 Å². The zero-order valence-corrected chi connectivity index (χ0v) is 21.9. The summed E-state index contributed by atoms with van der Waals surface area (Å²) in [6.45, 7) is 5.85. The average molecular weight is 503 g/mol. The number of piperidine rings is 1. The van der Waals surface area contributed by atoms with Crippen LogP contribution in [0.3, 0.4) is 0 Å². The van der Waals surface area contributed by atoms with E-state index < -0.39 is 0 Å². The molecule has 0 spiro atoms. The lowest BCUT2D eigenvalue weighted by molar-refractivity contribution is -0.119. The highest BCUT2D eigenvalue weighted by Gasteiger charge is 2.24. The molecule has 4 rings (SSSR count). The van der Waals surface area contributed by atoms with Crippen LogP contribution in [0, 0.1) is 5.92 Å². The molecule has 7 heteroatoms. The van der Waals surface area contributed by atoms with Gasteiger partial charge in [-0.1, -0.05) is 32.8 Å². The minimum Gasteiger partial charge on any atom is -0.393 e. The Morgan fingerprint density at radius 3 is 2.41 bits per heavy atom. The summed E-state index contributed by atoms with van der Waals surface area (Å²) in [6.07, 6.45) is 7.21. The maximum Gasteiger partial charge on any atom is 0.255 e. The Labute approximate surface area is 219 Å². The van der Waals surface area contributed by atoms with E-state index in [0.29, 0.717) is 34.8 Å². The van der Waals surface area contributed by atoms with E-state index in [2.05, 4.69) is 29.1 Å². The topological polar surface area (TPSA) is 108 Å². The summed E-state index contributed by atoms with van der Waals surface area (Å²) in [7, 11) is 0. The summed E-state index contributed by atoms with van der Waals surface area (Å²) >= 11 is 0. The Balaban J connectivity index is 1.48. The van der Waals surface area contributed by atoms with Crippen molar-refractivity contribution in [3.05, 3.63) is 59.2 Å². The number of anilines is 2. The fraction of sp³-hybridized carbons (Fsp3) is 0.433. The fourth-order valence-electron chi connectivity index (χ4n) is 5.14. The van der Waals surface area contributed by atoms with Gasteiger partial charge in [-0.05, 0) is 68.2 Å². The number of aliphatic hydroxyl groups is 1. The number of nitrogens with two attached hydrogens (primary N) is 1. The maximum absolute atomic E-state index is 13.2. The van der Waals surface area contributed by atoms with Gasteiger partial charge in [0.2, 0.25) is 0 Å². The highest BCUT2D eigenvalue weighted by molar-refractivity contribution is 6.09. The Hall–Kier alpha value is -3.45. The molecule has 2 aliphatic heterocycles. The van der Waals surface area contributed by atoms with Crippen LogP contribution in [0.4, 0.5) is 17.1 Å². The first kappa shape index (κ1) is 26.6.